The van der Waals surface area contributed by atoms with Crippen molar-refractivity contribution in [3.05, 3.63) is 28.7 Å². The standard InChI is InChI=1S/C19H26N4O/c1-12-11-13(2)23-18(20-12)17(14(3)21-23)19(24)22(16-9-10-16)15-7-5-4-6-8-15/h11,15-16H,4-10H2,1-3H3. The van der Waals surface area contributed by atoms with Crippen LogP contribution in [0.3, 0.4) is 0 Å². The molecular weight excluding hydrogens is 300 g/mol. The van der Waals surface area contributed by atoms with Gasteiger partial charge in [-0.2, -0.15) is 5.10 Å². The second-order valence-corrected chi connectivity index (χ2v) is 7.47. The molecular formula is C19H26N4O. The number of carbonyl (C=O) groups excluding carboxylic acids is 1. The van der Waals surface area contributed by atoms with Crippen LogP contribution < -0.4 is 0 Å². The van der Waals surface area contributed by atoms with Crippen molar-refractivity contribution >= 4 is 11.6 Å². The molecule has 2 aromatic heterocycles. The third kappa shape index (κ3) is 2.60. The van der Waals surface area contributed by atoms with E-state index in [4.69, 9.17) is 0 Å². The van der Waals surface area contributed by atoms with Gasteiger partial charge < -0.3 is 4.90 Å². The number of amides is 1. The van der Waals surface area contributed by atoms with Crippen LogP contribution in [-0.4, -0.2) is 37.5 Å². The van der Waals surface area contributed by atoms with E-state index < -0.39 is 0 Å². The predicted octanol–water partition coefficient (Wildman–Crippen LogP) is 3.59. The lowest BCUT2D eigenvalue weighted by molar-refractivity contribution is 0.0615. The summed E-state index contributed by atoms with van der Waals surface area (Å²) < 4.78 is 1.82. The van der Waals surface area contributed by atoms with Crippen LogP contribution in [0.2, 0.25) is 0 Å². The number of carbonyl (C=O) groups is 1. The van der Waals surface area contributed by atoms with E-state index in [0.717, 1.165) is 48.4 Å². The molecule has 2 saturated carbocycles. The second kappa shape index (κ2) is 5.87. The summed E-state index contributed by atoms with van der Waals surface area (Å²) in [7, 11) is 0. The zero-order valence-corrected chi connectivity index (χ0v) is 14.9. The van der Waals surface area contributed by atoms with Gasteiger partial charge in [0.2, 0.25) is 0 Å². The molecule has 128 valence electrons. The molecule has 0 radical (unpaired) electrons. The Labute approximate surface area is 143 Å². The molecule has 0 saturated heterocycles. The van der Waals surface area contributed by atoms with Crippen molar-refractivity contribution in [2.24, 2.45) is 0 Å². The third-order valence-electron chi connectivity index (χ3n) is 5.43. The van der Waals surface area contributed by atoms with Gasteiger partial charge in [-0.25, -0.2) is 9.50 Å². The molecule has 2 heterocycles. The van der Waals surface area contributed by atoms with Crippen molar-refractivity contribution in [3.8, 4) is 0 Å². The molecule has 0 atom stereocenters. The molecule has 0 bridgehead atoms. The summed E-state index contributed by atoms with van der Waals surface area (Å²) in [4.78, 5) is 20.3. The highest BCUT2D eigenvalue weighted by Crippen LogP contribution is 2.35. The van der Waals surface area contributed by atoms with Crippen LogP contribution in [0.4, 0.5) is 0 Å². The number of aromatic nitrogens is 3. The maximum atomic E-state index is 13.5. The van der Waals surface area contributed by atoms with Crippen molar-refractivity contribution in [2.45, 2.75) is 77.8 Å². The molecule has 0 aromatic carbocycles. The molecule has 0 aliphatic heterocycles. The van der Waals surface area contributed by atoms with Gasteiger partial charge in [0.25, 0.3) is 5.91 Å². The second-order valence-electron chi connectivity index (χ2n) is 7.47. The van der Waals surface area contributed by atoms with Crippen LogP contribution in [0.5, 0.6) is 0 Å². The number of aryl methyl sites for hydroxylation is 3. The molecule has 5 heteroatoms. The highest BCUT2D eigenvalue weighted by molar-refractivity contribution is 6.01. The zero-order valence-electron chi connectivity index (χ0n) is 14.9. The molecule has 2 aromatic rings. The Balaban J connectivity index is 1.77. The predicted molar refractivity (Wildman–Crippen MR) is 93.3 cm³/mol. The van der Waals surface area contributed by atoms with E-state index in [1.807, 2.05) is 31.4 Å². The average molecular weight is 326 g/mol. The summed E-state index contributed by atoms with van der Waals surface area (Å²) in [5, 5.41) is 4.59. The van der Waals surface area contributed by atoms with Gasteiger partial charge in [-0.3, -0.25) is 4.79 Å². The van der Waals surface area contributed by atoms with Gasteiger partial charge in [-0.05, 0) is 52.5 Å². The fourth-order valence-electron chi connectivity index (χ4n) is 4.15. The molecule has 24 heavy (non-hydrogen) atoms. The van der Waals surface area contributed by atoms with Crippen molar-refractivity contribution in [1.29, 1.82) is 0 Å². The monoisotopic (exact) mass is 326 g/mol. The van der Waals surface area contributed by atoms with Crippen LogP contribution in [-0.2, 0) is 0 Å². The van der Waals surface area contributed by atoms with E-state index in [2.05, 4.69) is 15.0 Å². The summed E-state index contributed by atoms with van der Waals surface area (Å²) in [6.45, 7) is 5.92. The van der Waals surface area contributed by atoms with Crippen LogP contribution in [0, 0.1) is 20.8 Å². The Morgan fingerprint density at radius 2 is 1.75 bits per heavy atom. The summed E-state index contributed by atoms with van der Waals surface area (Å²) in [6, 6.07) is 2.84. The Morgan fingerprint density at radius 3 is 2.42 bits per heavy atom. The van der Waals surface area contributed by atoms with Crippen LogP contribution in [0.1, 0.15) is 72.4 Å². The Morgan fingerprint density at radius 1 is 1.08 bits per heavy atom. The lowest BCUT2D eigenvalue weighted by Crippen LogP contribution is -2.43. The largest absolute Gasteiger partial charge is 0.333 e. The van der Waals surface area contributed by atoms with Gasteiger partial charge >= 0.3 is 0 Å². The maximum absolute atomic E-state index is 13.5. The van der Waals surface area contributed by atoms with Crippen molar-refractivity contribution in [1.82, 2.24) is 19.5 Å². The molecule has 0 unspecified atom stereocenters. The Kier molecular flexibility index (Phi) is 3.82. The van der Waals surface area contributed by atoms with E-state index in [-0.39, 0.29) is 5.91 Å². The number of nitrogens with zero attached hydrogens (tertiary/aromatic N) is 4. The normalized spacial score (nSPS) is 19.0. The molecule has 2 fully saturated rings. The Hall–Kier alpha value is -1.91. The summed E-state index contributed by atoms with van der Waals surface area (Å²) in [5.74, 6) is 0.148. The highest BCUT2D eigenvalue weighted by atomic mass is 16.2. The van der Waals surface area contributed by atoms with Crippen LogP contribution in [0.25, 0.3) is 5.65 Å². The smallest absolute Gasteiger partial charge is 0.260 e. The van der Waals surface area contributed by atoms with E-state index in [0.29, 0.717) is 17.6 Å². The van der Waals surface area contributed by atoms with E-state index in [1.165, 1.54) is 19.3 Å². The van der Waals surface area contributed by atoms with Gasteiger partial charge in [0.05, 0.1) is 5.69 Å². The first-order valence-corrected chi connectivity index (χ1v) is 9.22. The van der Waals surface area contributed by atoms with Crippen molar-refractivity contribution in [3.63, 3.8) is 0 Å². The topological polar surface area (TPSA) is 50.5 Å². The minimum atomic E-state index is 0.148. The minimum Gasteiger partial charge on any atom is -0.333 e. The fourth-order valence-corrected chi connectivity index (χ4v) is 4.15. The molecule has 4 rings (SSSR count). The number of rotatable bonds is 3. The van der Waals surface area contributed by atoms with Crippen molar-refractivity contribution in [2.75, 3.05) is 0 Å². The summed E-state index contributed by atoms with van der Waals surface area (Å²) in [5.41, 5.74) is 4.18. The first-order chi connectivity index (χ1) is 11.6. The van der Waals surface area contributed by atoms with E-state index >= 15 is 0 Å². The molecule has 2 aliphatic carbocycles. The highest BCUT2D eigenvalue weighted by Gasteiger charge is 2.39. The number of hydrogen-bond acceptors (Lipinski definition) is 3. The van der Waals surface area contributed by atoms with Gasteiger partial charge in [0, 0.05) is 23.5 Å². The van der Waals surface area contributed by atoms with Gasteiger partial charge in [0.1, 0.15) is 5.56 Å². The lowest BCUT2D eigenvalue weighted by Gasteiger charge is -2.34. The molecule has 1 amide bonds. The Bertz CT molecular complexity index is 784. The first-order valence-electron chi connectivity index (χ1n) is 9.22. The molecule has 5 nitrogen and oxygen atoms in total. The molecule has 0 spiro atoms. The molecule has 2 aliphatic rings. The van der Waals surface area contributed by atoms with E-state index in [1.54, 1.807) is 0 Å². The van der Waals surface area contributed by atoms with Crippen LogP contribution >= 0.6 is 0 Å². The first kappa shape index (κ1) is 15.6. The quantitative estimate of drug-likeness (QED) is 0.866. The van der Waals surface area contributed by atoms with Crippen LogP contribution in [0.15, 0.2) is 6.07 Å². The number of hydrogen-bond donors (Lipinski definition) is 0. The van der Waals surface area contributed by atoms with Gasteiger partial charge in [-0.15, -0.1) is 0 Å². The molecule has 0 N–H and O–H groups in total. The summed E-state index contributed by atoms with van der Waals surface area (Å²) >= 11 is 0. The zero-order chi connectivity index (χ0) is 16.8. The summed E-state index contributed by atoms with van der Waals surface area (Å²) in [6.07, 6.45) is 8.37. The maximum Gasteiger partial charge on any atom is 0.260 e. The lowest BCUT2D eigenvalue weighted by atomic mass is 9.93. The minimum absolute atomic E-state index is 0.148. The fraction of sp³-hybridized carbons (Fsp3) is 0.632. The SMILES string of the molecule is Cc1cc(C)n2nc(C)c(C(=O)N(C3CCCCC3)C3CC3)c2n1. The van der Waals surface area contributed by atoms with Crippen molar-refractivity contribution < 1.29 is 4.79 Å². The number of fused-ring (bicyclic) bond motifs is 1. The van der Waals surface area contributed by atoms with Gasteiger partial charge in [-0.1, -0.05) is 19.3 Å². The van der Waals surface area contributed by atoms with Gasteiger partial charge in [0.15, 0.2) is 5.65 Å². The third-order valence-corrected chi connectivity index (χ3v) is 5.43. The van der Waals surface area contributed by atoms with E-state index in [9.17, 15) is 4.79 Å². The average Bonchev–Trinajstić information content (AvgIpc) is 3.31.